The number of benzene rings is 1. The fraction of sp³-hybridized carbons (Fsp3) is 0.0833. The summed E-state index contributed by atoms with van der Waals surface area (Å²) in [5.74, 6) is -0.0241. The van der Waals surface area contributed by atoms with Gasteiger partial charge < -0.3 is 9.51 Å². The molecule has 19 heavy (non-hydrogen) atoms. The van der Waals surface area contributed by atoms with Gasteiger partial charge in [-0.05, 0) is 22.0 Å². The predicted octanol–water partition coefficient (Wildman–Crippen LogP) is 2.40. The van der Waals surface area contributed by atoms with Gasteiger partial charge in [0.2, 0.25) is 0 Å². The van der Waals surface area contributed by atoms with E-state index in [9.17, 15) is 9.18 Å². The van der Waals surface area contributed by atoms with Crippen LogP contribution >= 0.6 is 15.9 Å². The first kappa shape index (κ1) is 12.0. The van der Waals surface area contributed by atoms with Crippen molar-refractivity contribution in [3.8, 4) is 0 Å². The van der Waals surface area contributed by atoms with Crippen molar-refractivity contribution in [2.75, 3.05) is 0 Å². The highest BCUT2D eigenvalue weighted by Crippen LogP contribution is 2.20. The fourth-order valence-corrected chi connectivity index (χ4v) is 2.12. The zero-order valence-corrected chi connectivity index (χ0v) is 11.1. The van der Waals surface area contributed by atoms with Gasteiger partial charge in [-0.2, -0.15) is 0 Å². The van der Waals surface area contributed by atoms with Gasteiger partial charge in [0.25, 0.3) is 5.56 Å². The molecule has 3 rings (SSSR count). The van der Waals surface area contributed by atoms with E-state index in [1.807, 2.05) is 0 Å². The van der Waals surface area contributed by atoms with Crippen LogP contribution in [0.15, 0.2) is 38.4 Å². The summed E-state index contributed by atoms with van der Waals surface area (Å²) in [5.41, 5.74) is 0.785. The van der Waals surface area contributed by atoms with Gasteiger partial charge in [-0.25, -0.2) is 9.37 Å². The molecule has 7 heteroatoms. The minimum Gasteiger partial charge on any atom is -0.364 e. The topological polar surface area (TPSA) is 71.8 Å². The number of nitrogens with zero attached hydrogens (tertiary/aromatic N) is 2. The first-order valence-corrected chi connectivity index (χ1v) is 6.19. The molecule has 0 aliphatic carbocycles. The van der Waals surface area contributed by atoms with Crippen molar-refractivity contribution in [1.82, 2.24) is 15.1 Å². The average molecular weight is 324 g/mol. The van der Waals surface area contributed by atoms with E-state index < -0.39 is 5.82 Å². The van der Waals surface area contributed by atoms with E-state index in [-0.39, 0.29) is 10.0 Å². The van der Waals surface area contributed by atoms with Gasteiger partial charge >= 0.3 is 0 Å². The second-order valence-electron chi connectivity index (χ2n) is 4.01. The Balaban J connectivity index is 2.13. The number of rotatable bonds is 2. The lowest BCUT2D eigenvalue weighted by atomic mass is 10.2. The summed E-state index contributed by atoms with van der Waals surface area (Å²) in [4.78, 5) is 18.8. The highest BCUT2D eigenvalue weighted by Gasteiger charge is 2.09. The van der Waals surface area contributed by atoms with Gasteiger partial charge in [0, 0.05) is 18.1 Å². The third kappa shape index (κ3) is 2.28. The highest BCUT2D eigenvalue weighted by atomic mass is 79.9. The number of nitrogens with one attached hydrogen (secondary N) is 1. The molecule has 0 aliphatic heterocycles. The molecule has 0 saturated heterocycles. The summed E-state index contributed by atoms with van der Waals surface area (Å²) in [6.45, 7) is 0. The van der Waals surface area contributed by atoms with Crippen LogP contribution in [-0.2, 0) is 6.42 Å². The van der Waals surface area contributed by atoms with Crippen LogP contribution in [0.3, 0.4) is 0 Å². The number of halogens is 2. The molecular formula is C12H7BrFN3O2. The average Bonchev–Trinajstić information content (AvgIpc) is 2.85. The molecule has 3 aromatic rings. The summed E-state index contributed by atoms with van der Waals surface area (Å²) in [7, 11) is 0. The van der Waals surface area contributed by atoms with Crippen LogP contribution in [-0.4, -0.2) is 15.1 Å². The number of fused-ring (bicyclic) bond motifs is 1. The molecule has 0 spiro atoms. The summed E-state index contributed by atoms with van der Waals surface area (Å²) in [5, 5.41) is 3.90. The summed E-state index contributed by atoms with van der Waals surface area (Å²) >= 11 is 3.04. The number of aromatic nitrogens is 3. The summed E-state index contributed by atoms with van der Waals surface area (Å²) in [6.07, 6.45) is 3.37. The number of H-pyrrole nitrogens is 1. The van der Waals surface area contributed by atoms with E-state index in [2.05, 4.69) is 31.1 Å². The van der Waals surface area contributed by atoms with E-state index in [1.54, 1.807) is 0 Å². The van der Waals surface area contributed by atoms with Crippen molar-refractivity contribution in [2.45, 2.75) is 6.42 Å². The molecule has 5 nitrogen and oxygen atoms in total. The molecule has 0 radical (unpaired) electrons. The second kappa shape index (κ2) is 4.58. The lowest BCUT2D eigenvalue weighted by molar-refractivity contribution is 0.419. The second-order valence-corrected chi connectivity index (χ2v) is 4.86. The molecular weight excluding hydrogens is 317 g/mol. The quantitative estimate of drug-likeness (QED) is 0.786. The third-order valence-corrected chi connectivity index (χ3v) is 3.26. The van der Waals surface area contributed by atoms with Crippen molar-refractivity contribution in [2.24, 2.45) is 0 Å². The van der Waals surface area contributed by atoms with Gasteiger partial charge in [0.1, 0.15) is 17.9 Å². The van der Waals surface area contributed by atoms with Crippen molar-refractivity contribution in [1.29, 1.82) is 0 Å². The Hall–Kier alpha value is -2.02. The van der Waals surface area contributed by atoms with Gasteiger partial charge in [-0.1, -0.05) is 5.16 Å². The van der Waals surface area contributed by atoms with Crippen LogP contribution < -0.4 is 5.56 Å². The largest absolute Gasteiger partial charge is 0.364 e. The monoisotopic (exact) mass is 323 g/mol. The predicted molar refractivity (Wildman–Crippen MR) is 69.3 cm³/mol. The first-order chi connectivity index (χ1) is 9.13. The maximum absolute atomic E-state index is 13.5. The molecule has 0 atom stereocenters. The zero-order valence-electron chi connectivity index (χ0n) is 9.48. The molecule has 0 fully saturated rings. The molecule has 0 aliphatic rings. The van der Waals surface area contributed by atoms with Gasteiger partial charge in [-0.3, -0.25) is 4.79 Å². The van der Waals surface area contributed by atoms with Crippen molar-refractivity contribution in [3.05, 3.63) is 56.6 Å². The van der Waals surface area contributed by atoms with Crippen LogP contribution in [0.4, 0.5) is 4.39 Å². The van der Waals surface area contributed by atoms with Crippen molar-refractivity contribution in [3.63, 3.8) is 0 Å². The number of hydrogen-bond donors (Lipinski definition) is 1. The van der Waals surface area contributed by atoms with Crippen LogP contribution in [0.2, 0.25) is 0 Å². The Labute approximate surface area is 114 Å². The van der Waals surface area contributed by atoms with Crippen molar-refractivity contribution >= 4 is 26.8 Å². The zero-order chi connectivity index (χ0) is 13.4. The molecule has 0 bridgehead atoms. The molecule has 1 N–H and O–H groups in total. The highest BCUT2D eigenvalue weighted by molar-refractivity contribution is 9.10. The van der Waals surface area contributed by atoms with Crippen LogP contribution in [0.25, 0.3) is 10.9 Å². The summed E-state index contributed by atoms with van der Waals surface area (Å²) in [6, 6.07) is 2.64. The fourth-order valence-electron chi connectivity index (χ4n) is 1.77. The normalized spacial score (nSPS) is 11.1. The maximum atomic E-state index is 13.5. The Morgan fingerprint density at radius 3 is 3.00 bits per heavy atom. The van der Waals surface area contributed by atoms with E-state index in [4.69, 9.17) is 4.52 Å². The Morgan fingerprint density at radius 1 is 1.42 bits per heavy atom. The molecule has 2 heterocycles. The third-order valence-electron chi connectivity index (χ3n) is 2.65. The smallest absolute Gasteiger partial charge is 0.258 e. The van der Waals surface area contributed by atoms with Crippen LogP contribution in [0.1, 0.15) is 11.4 Å². The lowest BCUT2D eigenvalue weighted by Crippen LogP contribution is -2.12. The Bertz CT molecular complexity index is 799. The van der Waals surface area contributed by atoms with Gasteiger partial charge in [0.05, 0.1) is 21.6 Å². The molecule has 0 saturated carbocycles. The molecule has 2 aromatic heterocycles. The summed E-state index contributed by atoms with van der Waals surface area (Å²) < 4.78 is 18.4. The minimum atomic E-state index is -0.457. The molecule has 0 unspecified atom stereocenters. The van der Waals surface area contributed by atoms with E-state index in [0.717, 1.165) is 5.56 Å². The van der Waals surface area contributed by atoms with E-state index >= 15 is 0 Å². The number of aromatic amines is 1. The molecule has 96 valence electrons. The number of hydrogen-bond acceptors (Lipinski definition) is 4. The lowest BCUT2D eigenvalue weighted by Gasteiger charge is -2.02. The SMILES string of the molecule is O=c1[nH]c(Cc2cnoc2)nc2cc(F)c(Br)cc12. The maximum Gasteiger partial charge on any atom is 0.258 e. The van der Waals surface area contributed by atoms with E-state index in [0.29, 0.717) is 23.1 Å². The van der Waals surface area contributed by atoms with Gasteiger partial charge in [0.15, 0.2) is 0 Å². The standard InChI is InChI=1S/C12H7BrFN3O2/c13-8-2-7-10(3-9(8)14)16-11(17-12(7)18)1-6-4-15-19-5-6/h2-5H,1H2,(H,16,17,18). The van der Waals surface area contributed by atoms with E-state index in [1.165, 1.54) is 24.6 Å². The van der Waals surface area contributed by atoms with Crippen LogP contribution in [0, 0.1) is 5.82 Å². The molecule has 1 aromatic carbocycles. The minimum absolute atomic E-state index is 0.235. The first-order valence-electron chi connectivity index (χ1n) is 5.39. The Morgan fingerprint density at radius 2 is 2.26 bits per heavy atom. The van der Waals surface area contributed by atoms with Crippen molar-refractivity contribution < 1.29 is 8.91 Å². The van der Waals surface area contributed by atoms with Crippen LogP contribution in [0.5, 0.6) is 0 Å². The van der Waals surface area contributed by atoms with Gasteiger partial charge in [-0.15, -0.1) is 0 Å². The molecule has 0 amide bonds. The Kier molecular flexibility index (Phi) is 2.90.